The van der Waals surface area contributed by atoms with Gasteiger partial charge >= 0.3 is 0 Å². The van der Waals surface area contributed by atoms with Gasteiger partial charge in [0.2, 0.25) is 0 Å². The summed E-state index contributed by atoms with van der Waals surface area (Å²) < 4.78 is 1.83. The molecule has 1 aromatic carbocycles. The predicted molar refractivity (Wildman–Crippen MR) is 104 cm³/mol. The number of phenols is 1. The number of ketones is 1. The lowest BCUT2D eigenvalue weighted by molar-refractivity contribution is -0.127. The van der Waals surface area contributed by atoms with E-state index in [0.29, 0.717) is 29.3 Å². The number of Topliss-reactive ketones (excluding diaryl/α,β-unsaturated/α-hetero) is 1. The number of rotatable bonds is 1. The van der Waals surface area contributed by atoms with Crippen molar-refractivity contribution in [2.45, 2.75) is 44.9 Å². The number of fused-ring (bicyclic) bond motifs is 5. The molecule has 4 nitrogen and oxygen atoms in total. The summed E-state index contributed by atoms with van der Waals surface area (Å²) in [6.45, 7) is 2.20. The first-order valence-corrected chi connectivity index (χ1v) is 10.0. The van der Waals surface area contributed by atoms with Crippen LogP contribution in [0.15, 0.2) is 36.0 Å². The zero-order valence-electron chi connectivity index (χ0n) is 16.0. The molecule has 0 spiro atoms. The molecule has 27 heavy (non-hydrogen) atoms. The Morgan fingerprint density at radius 2 is 2.15 bits per heavy atom. The monoisotopic (exact) mass is 362 g/mol. The van der Waals surface area contributed by atoms with Crippen molar-refractivity contribution in [2.75, 3.05) is 0 Å². The highest BCUT2D eigenvalue weighted by Crippen LogP contribution is 2.60. The molecule has 2 fully saturated rings. The molecule has 0 bridgehead atoms. The molecule has 4 atom stereocenters. The minimum Gasteiger partial charge on any atom is -0.508 e. The van der Waals surface area contributed by atoms with Crippen LogP contribution in [0.5, 0.6) is 5.75 Å². The van der Waals surface area contributed by atoms with Crippen LogP contribution in [-0.4, -0.2) is 20.7 Å². The highest BCUT2D eigenvalue weighted by Gasteiger charge is 2.56. The van der Waals surface area contributed by atoms with Crippen LogP contribution in [0.1, 0.15) is 55.3 Å². The van der Waals surface area contributed by atoms with Crippen LogP contribution in [0, 0.1) is 17.3 Å². The molecule has 1 heterocycles. The zero-order valence-corrected chi connectivity index (χ0v) is 16.0. The first-order chi connectivity index (χ1) is 13.0. The van der Waals surface area contributed by atoms with Gasteiger partial charge in [0.15, 0.2) is 5.78 Å². The second-order valence-electron chi connectivity index (χ2n) is 8.84. The molecular formula is C23H26N2O2. The second kappa shape index (κ2) is 5.82. The van der Waals surface area contributed by atoms with Crippen LogP contribution in [0.2, 0.25) is 0 Å². The minimum absolute atomic E-state index is 0.222. The average molecular weight is 362 g/mol. The number of carbonyl (C=O) groups is 1. The number of benzene rings is 1. The Morgan fingerprint density at radius 3 is 2.93 bits per heavy atom. The molecule has 4 heteroatoms. The van der Waals surface area contributed by atoms with Crippen molar-refractivity contribution in [1.82, 2.24) is 9.78 Å². The quantitative estimate of drug-likeness (QED) is 0.772. The molecule has 1 N–H and O–H groups in total. The van der Waals surface area contributed by atoms with Gasteiger partial charge < -0.3 is 5.11 Å². The summed E-state index contributed by atoms with van der Waals surface area (Å²) in [5.41, 5.74) is 4.46. The zero-order chi connectivity index (χ0) is 18.8. The smallest absolute Gasteiger partial charge is 0.165 e. The summed E-state index contributed by atoms with van der Waals surface area (Å²) in [7, 11) is 1.92. The van der Waals surface area contributed by atoms with E-state index < -0.39 is 0 Å². The number of aromatic hydroxyl groups is 1. The van der Waals surface area contributed by atoms with Crippen LogP contribution >= 0.6 is 0 Å². The van der Waals surface area contributed by atoms with Gasteiger partial charge in [0.1, 0.15) is 5.75 Å². The highest BCUT2D eigenvalue weighted by molar-refractivity contribution is 6.05. The van der Waals surface area contributed by atoms with Crippen LogP contribution in [0.25, 0.3) is 6.08 Å². The van der Waals surface area contributed by atoms with Gasteiger partial charge in [-0.05, 0) is 90.8 Å². The van der Waals surface area contributed by atoms with Crippen molar-refractivity contribution in [3.63, 3.8) is 0 Å². The summed E-state index contributed by atoms with van der Waals surface area (Å²) in [6.07, 6.45) is 8.88. The van der Waals surface area contributed by atoms with Crippen LogP contribution in [-0.2, 0) is 18.3 Å². The fourth-order valence-corrected chi connectivity index (χ4v) is 6.07. The van der Waals surface area contributed by atoms with E-state index in [9.17, 15) is 9.90 Å². The van der Waals surface area contributed by atoms with Crippen molar-refractivity contribution < 1.29 is 9.90 Å². The Hall–Kier alpha value is -2.36. The summed E-state index contributed by atoms with van der Waals surface area (Å²) >= 11 is 0. The van der Waals surface area contributed by atoms with Crippen molar-refractivity contribution >= 4 is 11.9 Å². The van der Waals surface area contributed by atoms with E-state index in [0.717, 1.165) is 43.4 Å². The molecule has 0 amide bonds. The standard InChI is InChI=1S/C23H26N2O2/c1-23-9-7-19-18-6-4-17(26)12-14(18)3-5-20(19)21(23)13-15(22(23)27)11-16-8-10-24-25(16)2/h4,6,8,10-12,19-21,26H,3,5,7,9,13H2,1-2H3/b15-11+/t19-,20+,21+,23+/m1/s1. The Bertz CT molecular complexity index is 957. The molecule has 0 aliphatic heterocycles. The first-order valence-electron chi connectivity index (χ1n) is 10.0. The van der Waals surface area contributed by atoms with Gasteiger partial charge in [-0.3, -0.25) is 9.48 Å². The van der Waals surface area contributed by atoms with E-state index in [1.807, 2.05) is 29.9 Å². The largest absolute Gasteiger partial charge is 0.508 e. The van der Waals surface area contributed by atoms with E-state index in [2.05, 4.69) is 24.2 Å². The predicted octanol–water partition coefficient (Wildman–Crippen LogP) is 4.24. The highest BCUT2D eigenvalue weighted by atomic mass is 16.3. The summed E-state index contributed by atoms with van der Waals surface area (Å²) in [5.74, 6) is 2.22. The maximum absolute atomic E-state index is 13.3. The van der Waals surface area contributed by atoms with Crippen molar-refractivity contribution in [3.8, 4) is 5.75 Å². The van der Waals surface area contributed by atoms with Crippen molar-refractivity contribution in [1.29, 1.82) is 0 Å². The van der Waals surface area contributed by atoms with Gasteiger partial charge in [0, 0.05) is 18.7 Å². The van der Waals surface area contributed by atoms with Gasteiger partial charge in [0.25, 0.3) is 0 Å². The van der Waals surface area contributed by atoms with Crippen molar-refractivity contribution in [2.24, 2.45) is 24.3 Å². The van der Waals surface area contributed by atoms with E-state index in [4.69, 9.17) is 0 Å². The molecule has 3 aliphatic carbocycles. The molecule has 1 aromatic heterocycles. The van der Waals surface area contributed by atoms with Gasteiger partial charge in [-0.2, -0.15) is 5.10 Å². The number of allylic oxidation sites excluding steroid dienone is 1. The summed E-state index contributed by atoms with van der Waals surface area (Å²) in [4.78, 5) is 13.3. The Labute approximate surface area is 159 Å². The third kappa shape index (κ3) is 2.42. The Morgan fingerprint density at radius 1 is 1.30 bits per heavy atom. The average Bonchev–Trinajstić information content (AvgIpc) is 3.17. The minimum atomic E-state index is -0.222. The molecule has 2 saturated carbocycles. The third-order valence-electron chi connectivity index (χ3n) is 7.53. The number of phenolic OH excluding ortho intramolecular Hbond substituents is 1. The Kier molecular flexibility index (Phi) is 3.62. The molecular weight excluding hydrogens is 336 g/mol. The maximum atomic E-state index is 13.3. The van der Waals surface area contributed by atoms with E-state index in [1.165, 1.54) is 11.1 Å². The molecule has 0 unspecified atom stereocenters. The molecule has 5 rings (SSSR count). The van der Waals surface area contributed by atoms with Crippen molar-refractivity contribution in [3.05, 3.63) is 52.9 Å². The fraction of sp³-hybridized carbons (Fsp3) is 0.478. The lowest BCUT2D eigenvalue weighted by atomic mass is 9.55. The Balaban J connectivity index is 1.51. The van der Waals surface area contributed by atoms with Crippen LogP contribution in [0.4, 0.5) is 0 Å². The normalized spacial score (nSPS) is 33.6. The van der Waals surface area contributed by atoms with E-state index in [1.54, 1.807) is 6.20 Å². The second-order valence-corrected chi connectivity index (χ2v) is 8.84. The number of aryl methyl sites for hydroxylation is 2. The summed E-state index contributed by atoms with van der Waals surface area (Å²) in [5, 5.41) is 14.1. The van der Waals surface area contributed by atoms with E-state index in [-0.39, 0.29) is 5.41 Å². The topological polar surface area (TPSA) is 55.1 Å². The number of nitrogens with zero attached hydrogens (tertiary/aromatic N) is 2. The lowest BCUT2D eigenvalue weighted by Gasteiger charge is -2.48. The van der Waals surface area contributed by atoms with Gasteiger partial charge in [0.05, 0.1) is 5.69 Å². The molecule has 2 aromatic rings. The first kappa shape index (κ1) is 16.8. The summed E-state index contributed by atoms with van der Waals surface area (Å²) in [6, 6.07) is 7.85. The van der Waals surface area contributed by atoms with E-state index >= 15 is 0 Å². The van der Waals surface area contributed by atoms with Gasteiger partial charge in [-0.25, -0.2) is 0 Å². The number of carbonyl (C=O) groups excluding carboxylic acids is 1. The van der Waals surface area contributed by atoms with Crippen LogP contribution < -0.4 is 0 Å². The van der Waals surface area contributed by atoms with Crippen LogP contribution in [0.3, 0.4) is 0 Å². The number of hydrogen-bond acceptors (Lipinski definition) is 3. The fourth-order valence-electron chi connectivity index (χ4n) is 6.07. The molecule has 0 radical (unpaired) electrons. The number of aromatic nitrogens is 2. The lowest BCUT2D eigenvalue weighted by Crippen LogP contribution is -2.42. The van der Waals surface area contributed by atoms with Gasteiger partial charge in [-0.15, -0.1) is 0 Å². The molecule has 0 saturated heterocycles. The number of hydrogen-bond donors (Lipinski definition) is 1. The molecule has 140 valence electrons. The molecule has 3 aliphatic rings. The third-order valence-corrected chi connectivity index (χ3v) is 7.53. The SMILES string of the molecule is Cn1nccc1/C=C1\C[C@H]2[C@H]3CCc4cc(O)ccc4[C@H]3CC[C@]2(C)C1=O. The van der Waals surface area contributed by atoms with Gasteiger partial charge in [-0.1, -0.05) is 13.0 Å². The maximum Gasteiger partial charge on any atom is 0.165 e.